The number of aromatic nitrogens is 1. The van der Waals surface area contributed by atoms with Gasteiger partial charge in [-0.05, 0) is 19.9 Å². The Kier molecular flexibility index (Phi) is 6.79. The minimum Gasteiger partial charge on any atom is -0.462 e. The fourth-order valence-electron chi connectivity index (χ4n) is 2.84. The highest BCUT2D eigenvalue weighted by Gasteiger charge is 2.26. The van der Waals surface area contributed by atoms with E-state index in [1.165, 1.54) is 0 Å². The summed E-state index contributed by atoms with van der Waals surface area (Å²) in [5.41, 5.74) is 2.15. The first-order chi connectivity index (χ1) is 14.5. The average molecular weight is 426 g/mol. The van der Waals surface area contributed by atoms with Crippen molar-refractivity contribution in [3.05, 3.63) is 46.8 Å². The molecule has 0 N–H and O–H groups in total. The van der Waals surface area contributed by atoms with E-state index in [9.17, 15) is 9.59 Å². The first-order valence-corrected chi connectivity index (χ1v) is 10.4. The topological polar surface area (TPSA) is 81.1 Å². The maximum Gasteiger partial charge on any atom is 0.350 e. The van der Waals surface area contributed by atoms with E-state index in [0.717, 1.165) is 16.9 Å². The number of hydrogen-bond acceptors (Lipinski definition) is 7. The SMILES string of the molecule is CCOC(=O)c1sc2nc(-c3ccccc3)cc(C(=O)OCC)c2c1N=CN(C)C. The smallest absolute Gasteiger partial charge is 0.350 e. The molecule has 2 aromatic heterocycles. The molecule has 0 unspecified atom stereocenters. The van der Waals surface area contributed by atoms with E-state index in [1.807, 2.05) is 44.4 Å². The number of hydrogen-bond donors (Lipinski definition) is 0. The summed E-state index contributed by atoms with van der Waals surface area (Å²) in [7, 11) is 3.64. The number of aliphatic imine (C=N–C) groups is 1. The summed E-state index contributed by atoms with van der Waals surface area (Å²) in [6, 6.07) is 11.2. The highest BCUT2D eigenvalue weighted by molar-refractivity contribution is 7.21. The van der Waals surface area contributed by atoms with Crippen LogP contribution in [0.1, 0.15) is 33.9 Å². The van der Waals surface area contributed by atoms with Crippen molar-refractivity contribution in [2.75, 3.05) is 27.3 Å². The second-order valence-electron chi connectivity index (χ2n) is 6.53. The molecule has 8 heteroatoms. The summed E-state index contributed by atoms with van der Waals surface area (Å²) in [6.07, 6.45) is 1.57. The van der Waals surface area contributed by atoms with Crippen LogP contribution in [0.15, 0.2) is 41.4 Å². The Hall–Kier alpha value is -3.26. The molecule has 0 aliphatic carbocycles. The minimum atomic E-state index is -0.498. The van der Waals surface area contributed by atoms with Gasteiger partial charge >= 0.3 is 11.9 Å². The number of ether oxygens (including phenoxy) is 2. The summed E-state index contributed by atoms with van der Waals surface area (Å²) in [5.74, 6) is -0.987. The third kappa shape index (κ3) is 4.49. The first kappa shape index (κ1) is 21.4. The van der Waals surface area contributed by atoms with E-state index in [1.54, 1.807) is 31.2 Å². The molecule has 0 atom stereocenters. The van der Waals surface area contributed by atoms with Gasteiger partial charge in [-0.3, -0.25) is 0 Å². The number of rotatable bonds is 7. The quantitative estimate of drug-likeness (QED) is 0.314. The van der Waals surface area contributed by atoms with Crippen LogP contribution in [0.2, 0.25) is 0 Å². The van der Waals surface area contributed by atoms with Gasteiger partial charge in [0.1, 0.15) is 15.4 Å². The molecule has 2 heterocycles. The standard InChI is InChI=1S/C22H23N3O4S/c1-5-28-21(26)15-12-16(14-10-8-7-9-11-14)24-20-17(15)18(23-13-25(3)4)19(30-20)22(27)29-6-2/h7-13H,5-6H2,1-4H3. The molecule has 1 aromatic carbocycles. The van der Waals surface area contributed by atoms with E-state index in [-0.39, 0.29) is 13.2 Å². The molecule has 156 valence electrons. The number of carbonyl (C=O) groups excluding carboxylic acids is 2. The van der Waals surface area contributed by atoms with Gasteiger partial charge in [0, 0.05) is 19.7 Å². The molecule has 0 saturated carbocycles. The molecule has 0 aliphatic heterocycles. The Bertz CT molecular complexity index is 1090. The molecule has 3 aromatic rings. The summed E-state index contributed by atoms with van der Waals surface area (Å²) >= 11 is 1.16. The number of carbonyl (C=O) groups is 2. The van der Waals surface area contributed by atoms with Crippen LogP contribution in [0.4, 0.5) is 5.69 Å². The van der Waals surface area contributed by atoms with Crippen molar-refractivity contribution in [1.29, 1.82) is 0 Å². The summed E-state index contributed by atoms with van der Waals surface area (Å²) < 4.78 is 10.5. The van der Waals surface area contributed by atoms with Gasteiger partial charge in [-0.1, -0.05) is 30.3 Å². The molecule has 0 radical (unpaired) electrons. The Labute approximate surface area is 179 Å². The third-order valence-corrected chi connectivity index (χ3v) is 5.13. The lowest BCUT2D eigenvalue weighted by Gasteiger charge is -2.08. The summed E-state index contributed by atoms with van der Waals surface area (Å²) in [4.78, 5) is 37.2. The second kappa shape index (κ2) is 9.49. The van der Waals surface area contributed by atoms with Crippen molar-refractivity contribution in [3.63, 3.8) is 0 Å². The van der Waals surface area contributed by atoms with Crippen molar-refractivity contribution < 1.29 is 19.1 Å². The van der Waals surface area contributed by atoms with E-state index < -0.39 is 11.9 Å². The number of benzene rings is 1. The lowest BCUT2D eigenvalue weighted by molar-refractivity contribution is 0.0519. The van der Waals surface area contributed by atoms with Crippen LogP contribution in [0.25, 0.3) is 21.5 Å². The van der Waals surface area contributed by atoms with Crippen molar-refractivity contribution in [1.82, 2.24) is 9.88 Å². The van der Waals surface area contributed by atoms with Gasteiger partial charge in [0.25, 0.3) is 0 Å². The Morgan fingerprint density at radius 1 is 1.10 bits per heavy atom. The molecular formula is C22H23N3O4S. The lowest BCUT2D eigenvalue weighted by Crippen LogP contribution is -2.08. The zero-order valence-corrected chi connectivity index (χ0v) is 18.2. The average Bonchev–Trinajstić information content (AvgIpc) is 3.11. The normalized spacial score (nSPS) is 11.1. The van der Waals surface area contributed by atoms with Gasteiger partial charge in [-0.15, -0.1) is 11.3 Å². The van der Waals surface area contributed by atoms with Crippen LogP contribution >= 0.6 is 11.3 Å². The summed E-state index contributed by atoms with van der Waals surface area (Å²) in [5, 5.41) is 0.485. The minimum absolute atomic E-state index is 0.231. The van der Waals surface area contributed by atoms with Crippen LogP contribution in [0, 0.1) is 0 Å². The third-order valence-electron chi connectivity index (χ3n) is 4.08. The predicted molar refractivity (Wildman–Crippen MR) is 119 cm³/mol. The molecule has 0 saturated heterocycles. The molecular weight excluding hydrogens is 402 g/mol. The maximum absolute atomic E-state index is 12.8. The van der Waals surface area contributed by atoms with E-state index in [2.05, 4.69) is 4.99 Å². The second-order valence-corrected chi connectivity index (χ2v) is 7.53. The molecule has 0 amide bonds. The first-order valence-electron chi connectivity index (χ1n) is 9.54. The lowest BCUT2D eigenvalue weighted by atomic mass is 10.1. The van der Waals surface area contributed by atoms with Crippen LogP contribution in [0.3, 0.4) is 0 Å². The fraction of sp³-hybridized carbons (Fsp3) is 0.273. The monoisotopic (exact) mass is 425 g/mol. The summed E-state index contributed by atoms with van der Waals surface area (Å²) in [6.45, 7) is 3.95. The largest absolute Gasteiger partial charge is 0.462 e. The van der Waals surface area contributed by atoms with Gasteiger partial charge < -0.3 is 14.4 Å². The van der Waals surface area contributed by atoms with Crippen molar-refractivity contribution in [3.8, 4) is 11.3 Å². The number of nitrogens with zero attached hydrogens (tertiary/aromatic N) is 3. The molecule has 3 rings (SSSR count). The number of pyridine rings is 1. The maximum atomic E-state index is 12.8. The molecule has 0 bridgehead atoms. The van der Waals surface area contributed by atoms with Crippen molar-refractivity contribution in [2.24, 2.45) is 4.99 Å². The van der Waals surface area contributed by atoms with Gasteiger partial charge in [0.2, 0.25) is 0 Å². The van der Waals surface area contributed by atoms with Gasteiger partial charge in [-0.2, -0.15) is 0 Å². The van der Waals surface area contributed by atoms with Gasteiger partial charge in [-0.25, -0.2) is 19.6 Å². The Morgan fingerprint density at radius 2 is 1.77 bits per heavy atom. The predicted octanol–water partition coefficient (Wildman–Crippen LogP) is 4.54. The van der Waals surface area contributed by atoms with Crippen molar-refractivity contribution in [2.45, 2.75) is 13.8 Å². The highest BCUT2D eigenvalue weighted by atomic mass is 32.1. The van der Waals surface area contributed by atoms with Crippen molar-refractivity contribution >= 4 is 45.5 Å². The van der Waals surface area contributed by atoms with Crippen LogP contribution in [-0.2, 0) is 9.47 Å². The van der Waals surface area contributed by atoms with Crippen LogP contribution in [0.5, 0.6) is 0 Å². The number of thiophene rings is 1. The number of fused-ring (bicyclic) bond motifs is 1. The van der Waals surface area contributed by atoms with Crippen LogP contribution in [-0.4, -0.2) is 55.5 Å². The highest BCUT2D eigenvalue weighted by Crippen LogP contribution is 2.41. The molecule has 7 nitrogen and oxygen atoms in total. The zero-order valence-electron chi connectivity index (χ0n) is 17.3. The molecule has 0 spiro atoms. The molecule has 0 fully saturated rings. The van der Waals surface area contributed by atoms with Crippen LogP contribution < -0.4 is 0 Å². The molecule has 30 heavy (non-hydrogen) atoms. The zero-order chi connectivity index (χ0) is 21.7. The van der Waals surface area contributed by atoms with E-state index >= 15 is 0 Å². The van der Waals surface area contributed by atoms with E-state index in [0.29, 0.717) is 32.0 Å². The molecule has 0 aliphatic rings. The number of esters is 2. The van der Waals surface area contributed by atoms with E-state index in [4.69, 9.17) is 14.5 Å². The fourth-order valence-corrected chi connectivity index (χ4v) is 3.88. The Morgan fingerprint density at radius 3 is 2.40 bits per heavy atom. The van der Waals surface area contributed by atoms with Gasteiger partial charge in [0.15, 0.2) is 0 Å². The van der Waals surface area contributed by atoms with Gasteiger partial charge in [0.05, 0.1) is 36.2 Å². The Balaban J connectivity index is 2.33.